The third kappa shape index (κ3) is 4.38. The number of likely N-dealkylation sites (tertiary alicyclic amines) is 1. The normalized spacial score (nSPS) is 31.8. The highest BCUT2D eigenvalue weighted by molar-refractivity contribution is 8.02. The lowest BCUT2D eigenvalue weighted by Crippen LogP contribution is -2.59. The summed E-state index contributed by atoms with van der Waals surface area (Å²) in [5.74, 6) is -1.10. The number of carbonyl (C=O) groups is 3. The van der Waals surface area contributed by atoms with Gasteiger partial charge in [0, 0.05) is 16.0 Å². The number of amides is 3. The Hall–Kier alpha value is -2.26. The zero-order chi connectivity index (χ0) is 26.5. The average molecular weight is 518 g/mol. The average Bonchev–Trinajstić information content (AvgIpc) is 3.36. The number of ether oxygens (including phenoxy) is 1. The fraction of sp³-hybridized carbons (Fsp3) is 0.667. The highest BCUT2D eigenvalue weighted by atomic mass is 32.2. The Morgan fingerprint density at radius 1 is 1.19 bits per heavy atom. The zero-order valence-corrected chi connectivity index (χ0v) is 22.9. The van der Waals surface area contributed by atoms with Gasteiger partial charge in [0.15, 0.2) is 0 Å². The molecular formula is C27H39N3O5S. The molecule has 0 aliphatic carbocycles. The molecule has 0 radical (unpaired) electrons. The van der Waals surface area contributed by atoms with E-state index in [0.717, 1.165) is 12.2 Å². The number of aliphatic hydroxyl groups is 1. The molecule has 3 heterocycles. The van der Waals surface area contributed by atoms with E-state index in [4.69, 9.17) is 4.74 Å². The molecule has 3 amide bonds. The summed E-state index contributed by atoms with van der Waals surface area (Å²) < 4.78 is 4.33. The summed E-state index contributed by atoms with van der Waals surface area (Å²) >= 11 is 1.63. The Morgan fingerprint density at radius 2 is 1.86 bits per heavy atom. The summed E-state index contributed by atoms with van der Waals surface area (Å²) in [5, 5.41) is 16.2. The summed E-state index contributed by atoms with van der Waals surface area (Å²) in [6.07, 6.45) is 1.94. The van der Waals surface area contributed by atoms with Crippen LogP contribution >= 0.6 is 11.8 Å². The molecule has 3 aliphatic heterocycles. The van der Waals surface area contributed by atoms with Crippen LogP contribution in [0.4, 0.5) is 5.69 Å². The second kappa shape index (κ2) is 9.56. The van der Waals surface area contributed by atoms with Crippen molar-refractivity contribution in [2.75, 3.05) is 18.5 Å². The highest BCUT2D eigenvalue weighted by Gasteiger charge is 2.77. The molecule has 1 spiro atoms. The van der Waals surface area contributed by atoms with Crippen LogP contribution in [0.3, 0.4) is 0 Å². The van der Waals surface area contributed by atoms with Crippen LogP contribution < -0.4 is 15.4 Å². The van der Waals surface area contributed by atoms with E-state index in [-0.39, 0.29) is 24.3 Å². The summed E-state index contributed by atoms with van der Waals surface area (Å²) in [5.41, 5.74) is 0.164. The molecule has 3 fully saturated rings. The largest absolute Gasteiger partial charge is 0.494 e. The van der Waals surface area contributed by atoms with Crippen LogP contribution in [0.5, 0.6) is 5.75 Å². The van der Waals surface area contributed by atoms with E-state index in [2.05, 4.69) is 10.6 Å². The summed E-state index contributed by atoms with van der Waals surface area (Å²) in [7, 11) is 0. The molecule has 9 heteroatoms. The molecule has 4 rings (SSSR count). The van der Waals surface area contributed by atoms with E-state index in [1.165, 1.54) is 0 Å². The number of hydrogen-bond donors (Lipinski definition) is 3. The van der Waals surface area contributed by atoms with Gasteiger partial charge in [-0.3, -0.25) is 14.4 Å². The molecule has 8 nitrogen and oxygen atoms in total. The van der Waals surface area contributed by atoms with Crippen molar-refractivity contribution < 1.29 is 24.2 Å². The topological polar surface area (TPSA) is 108 Å². The van der Waals surface area contributed by atoms with Crippen LogP contribution in [-0.2, 0) is 14.4 Å². The highest BCUT2D eigenvalue weighted by Crippen LogP contribution is 2.71. The summed E-state index contributed by atoms with van der Waals surface area (Å²) in [6, 6.07) is 5.99. The number of fused-ring (bicyclic) bond motifs is 1. The smallest absolute Gasteiger partial charge is 0.244 e. The van der Waals surface area contributed by atoms with Gasteiger partial charge >= 0.3 is 0 Å². The molecule has 6 atom stereocenters. The maximum absolute atomic E-state index is 14.1. The fourth-order valence-corrected chi connectivity index (χ4v) is 8.67. The van der Waals surface area contributed by atoms with Crippen LogP contribution in [0.25, 0.3) is 0 Å². The number of benzene rings is 1. The van der Waals surface area contributed by atoms with Gasteiger partial charge in [0.25, 0.3) is 0 Å². The van der Waals surface area contributed by atoms with Crippen molar-refractivity contribution in [3.8, 4) is 5.75 Å². The predicted octanol–water partition coefficient (Wildman–Crippen LogP) is 3.19. The number of thioether (sulfide) groups is 1. The number of anilines is 1. The maximum Gasteiger partial charge on any atom is 0.244 e. The maximum atomic E-state index is 14.1. The second-order valence-corrected chi connectivity index (χ2v) is 13.3. The van der Waals surface area contributed by atoms with Crippen LogP contribution in [-0.4, -0.2) is 68.1 Å². The lowest BCUT2D eigenvalue weighted by Gasteiger charge is -2.38. The molecule has 1 aromatic carbocycles. The van der Waals surface area contributed by atoms with Gasteiger partial charge in [-0.2, -0.15) is 0 Å². The van der Waals surface area contributed by atoms with Crippen LogP contribution in [0, 0.1) is 11.8 Å². The number of nitrogens with one attached hydrogen (secondary N) is 2. The van der Waals surface area contributed by atoms with Crippen molar-refractivity contribution in [2.24, 2.45) is 11.8 Å². The van der Waals surface area contributed by atoms with Gasteiger partial charge < -0.3 is 25.4 Å². The van der Waals surface area contributed by atoms with Crippen molar-refractivity contribution >= 4 is 35.2 Å². The van der Waals surface area contributed by atoms with Gasteiger partial charge in [-0.1, -0.05) is 6.92 Å². The quantitative estimate of drug-likeness (QED) is 0.489. The minimum Gasteiger partial charge on any atom is -0.494 e. The van der Waals surface area contributed by atoms with Crippen LogP contribution in [0.1, 0.15) is 60.8 Å². The molecule has 198 valence electrons. The first-order valence-corrected chi connectivity index (χ1v) is 13.7. The SMILES string of the molecule is CCOc1ccc(NC(=O)[C@@H]2[C@H]3C(=O)N([C@@H](CC)CO)C(C(=O)NC(C)(C)C)C34CC[C@@]2(C)S4)cc1. The molecule has 0 saturated carbocycles. The van der Waals surface area contributed by atoms with Crippen molar-refractivity contribution in [3.63, 3.8) is 0 Å². The van der Waals surface area contributed by atoms with Crippen molar-refractivity contribution in [2.45, 2.75) is 87.9 Å². The molecule has 1 aromatic rings. The summed E-state index contributed by atoms with van der Waals surface area (Å²) in [6.45, 7) is 11.9. The van der Waals surface area contributed by atoms with Gasteiger partial charge in [-0.25, -0.2) is 0 Å². The molecule has 0 aromatic heterocycles. The number of hydrogen-bond acceptors (Lipinski definition) is 6. The molecule has 2 unspecified atom stereocenters. The Labute approximate surface area is 217 Å². The fourth-order valence-electron chi connectivity index (χ4n) is 6.33. The number of aliphatic hydroxyl groups excluding tert-OH is 1. The monoisotopic (exact) mass is 517 g/mol. The molecule has 2 bridgehead atoms. The van der Waals surface area contributed by atoms with E-state index in [1.807, 2.05) is 41.5 Å². The van der Waals surface area contributed by atoms with Crippen molar-refractivity contribution in [1.82, 2.24) is 10.2 Å². The van der Waals surface area contributed by atoms with Gasteiger partial charge in [-0.05, 0) is 78.1 Å². The number of carbonyl (C=O) groups excluding carboxylic acids is 3. The number of nitrogens with zero attached hydrogens (tertiary/aromatic N) is 1. The lowest BCUT2D eigenvalue weighted by molar-refractivity contribution is -0.142. The van der Waals surface area contributed by atoms with Crippen LogP contribution in [0.15, 0.2) is 24.3 Å². The van der Waals surface area contributed by atoms with Gasteiger partial charge in [0.05, 0.1) is 35.8 Å². The van der Waals surface area contributed by atoms with E-state index in [9.17, 15) is 19.5 Å². The minimum absolute atomic E-state index is 0.201. The standard InChI is InChI=1S/C27H39N3O5S/c1-7-17(15-31)30-21(23(33)29-25(3,4)5)27-14-13-26(6,36-27)19(20(27)24(30)34)22(32)28-16-9-11-18(12-10-16)35-8-2/h9-12,17,19-21,31H,7-8,13-15H2,1-6H3,(H,28,32)(H,29,33)/t17-,19-,20-,21?,26+,27?/m0/s1. The van der Waals surface area contributed by atoms with Crippen LogP contribution in [0.2, 0.25) is 0 Å². The first-order chi connectivity index (χ1) is 16.9. The molecule has 3 aliphatic rings. The Balaban J connectivity index is 1.69. The first kappa shape index (κ1) is 26.8. The molecular weight excluding hydrogens is 478 g/mol. The first-order valence-electron chi connectivity index (χ1n) is 12.9. The molecule has 3 N–H and O–H groups in total. The predicted molar refractivity (Wildman–Crippen MR) is 141 cm³/mol. The van der Waals surface area contributed by atoms with Gasteiger partial charge in [0.1, 0.15) is 11.8 Å². The van der Waals surface area contributed by atoms with Crippen molar-refractivity contribution in [3.05, 3.63) is 24.3 Å². The van der Waals surface area contributed by atoms with Crippen molar-refractivity contribution in [1.29, 1.82) is 0 Å². The molecule has 36 heavy (non-hydrogen) atoms. The van der Waals surface area contributed by atoms with E-state index in [1.54, 1.807) is 40.9 Å². The Bertz CT molecular complexity index is 1020. The zero-order valence-electron chi connectivity index (χ0n) is 22.1. The van der Waals surface area contributed by atoms with E-state index >= 15 is 0 Å². The molecule has 3 saturated heterocycles. The third-order valence-electron chi connectivity index (χ3n) is 7.75. The van der Waals surface area contributed by atoms with E-state index < -0.39 is 39.0 Å². The number of rotatable bonds is 8. The second-order valence-electron chi connectivity index (χ2n) is 11.4. The summed E-state index contributed by atoms with van der Waals surface area (Å²) in [4.78, 5) is 43.1. The van der Waals surface area contributed by atoms with Gasteiger partial charge in [0.2, 0.25) is 17.7 Å². The third-order valence-corrected chi connectivity index (χ3v) is 9.74. The Morgan fingerprint density at radius 3 is 2.42 bits per heavy atom. The minimum atomic E-state index is -0.735. The van der Waals surface area contributed by atoms with Gasteiger partial charge in [-0.15, -0.1) is 11.8 Å². The Kier molecular flexibility index (Phi) is 7.11. The lowest BCUT2D eigenvalue weighted by atomic mass is 9.66. The van der Waals surface area contributed by atoms with E-state index in [0.29, 0.717) is 25.1 Å².